The summed E-state index contributed by atoms with van der Waals surface area (Å²) in [4.78, 5) is 0. The minimum Gasteiger partial charge on any atom is -0.192 e. The number of hydrogen-bond donors (Lipinski definition) is 0. The van der Waals surface area contributed by atoms with E-state index in [-0.39, 0.29) is 11.0 Å². The van der Waals surface area contributed by atoms with E-state index in [0.717, 1.165) is 19.3 Å². The Morgan fingerprint density at radius 1 is 0.867 bits per heavy atom. The molecule has 2 aromatic heterocycles. The van der Waals surface area contributed by atoms with Crippen molar-refractivity contribution >= 4 is 31.5 Å². The molecule has 0 amide bonds. The molecule has 30 heavy (non-hydrogen) atoms. The van der Waals surface area contributed by atoms with Crippen molar-refractivity contribution < 1.29 is 4.57 Å². The van der Waals surface area contributed by atoms with Crippen LogP contribution in [0.5, 0.6) is 0 Å². The average molecular weight is 415 g/mol. The van der Waals surface area contributed by atoms with E-state index >= 15 is 0 Å². The molecule has 4 aromatic rings. The van der Waals surface area contributed by atoms with Crippen LogP contribution in [0.15, 0.2) is 48.7 Å². The first-order valence-electron chi connectivity index (χ1n) is 11.4. The van der Waals surface area contributed by atoms with Gasteiger partial charge >= 0.3 is 0 Å². The van der Waals surface area contributed by atoms with E-state index < -0.39 is 0 Å². The zero-order valence-corrected chi connectivity index (χ0v) is 19.9. The molecule has 0 saturated heterocycles. The summed E-state index contributed by atoms with van der Waals surface area (Å²) in [5.41, 5.74) is 7.36. The quantitative estimate of drug-likeness (QED) is 0.301. The van der Waals surface area contributed by atoms with Crippen LogP contribution in [0, 0.1) is 13.8 Å². The van der Waals surface area contributed by atoms with Gasteiger partial charge in [0.25, 0.3) is 0 Å². The molecule has 0 saturated carbocycles. The Labute approximate surface area is 184 Å². The van der Waals surface area contributed by atoms with Crippen molar-refractivity contribution in [3.8, 4) is 11.3 Å². The Bertz CT molecular complexity index is 1290. The van der Waals surface area contributed by atoms with Gasteiger partial charge in [-0.05, 0) is 44.4 Å². The summed E-state index contributed by atoms with van der Waals surface area (Å²) in [6.45, 7) is 14.2. The van der Waals surface area contributed by atoms with Crippen molar-refractivity contribution in [1.29, 1.82) is 0 Å². The van der Waals surface area contributed by atoms with Gasteiger partial charge < -0.3 is 0 Å². The van der Waals surface area contributed by atoms with Gasteiger partial charge in [0, 0.05) is 44.6 Å². The second kappa shape index (κ2) is 6.65. The highest BCUT2D eigenvalue weighted by Crippen LogP contribution is 2.54. The SMILES string of the molecule is CCC1(C)c2ccc3c(sc4ccccc43)c2-c2cc(C)c(C)c[n+]2C1(CC)CC. The summed E-state index contributed by atoms with van der Waals surface area (Å²) in [5.74, 6) is 0. The highest BCUT2D eigenvalue weighted by molar-refractivity contribution is 7.26. The van der Waals surface area contributed by atoms with E-state index in [2.05, 4.69) is 94.8 Å². The largest absolute Gasteiger partial charge is 0.215 e. The van der Waals surface area contributed by atoms with Crippen LogP contribution in [0.25, 0.3) is 31.4 Å². The van der Waals surface area contributed by atoms with Crippen molar-refractivity contribution in [2.24, 2.45) is 0 Å². The molecule has 0 radical (unpaired) electrons. The summed E-state index contributed by atoms with van der Waals surface area (Å²) in [5, 5.41) is 2.79. The summed E-state index contributed by atoms with van der Waals surface area (Å²) >= 11 is 1.96. The molecule has 0 spiro atoms. The van der Waals surface area contributed by atoms with Gasteiger partial charge in [-0.2, -0.15) is 4.57 Å². The molecule has 0 bridgehead atoms. The lowest BCUT2D eigenvalue weighted by Crippen LogP contribution is -2.69. The third-order valence-electron chi connectivity index (χ3n) is 8.32. The number of rotatable bonds is 3. The molecule has 1 aliphatic heterocycles. The van der Waals surface area contributed by atoms with Crippen LogP contribution in [-0.2, 0) is 11.0 Å². The maximum absolute atomic E-state index is 2.67. The van der Waals surface area contributed by atoms with Gasteiger partial charge in [0.1, 0.15) is 0 Å². The first kappa shape index (κ1) is 19.8. The molecule has 2 aromatic carbocycles. The standard InChI is InChI=1S/C28H32NS/c1-7-27(6)22-15-14-21-20-12-10-11-13-24(20)30-26(21)25(22)23-16-18(4)19(5)17-29(23)28(27,8-2)9-3/h10-17H,7-9H2,1-6H3/q+1. The number of aromatic nitrogens is 1. The van der Waals surface area contributed by atoms with Crippen LogP contribution in [0.4, 0.5) is 0 Å². The van der Waals surface area contributed by atoms with Crippen molar-refractivity contribution in [2.75, 3.05) is 0 Å². The van der Waals surface area contributed by atoms with Gasteiger partial charge in [-0.1, -0.05) is 51.1 Å². The molecule has 1 unspecified atom stereocenters. The van der Waals surface area contributed by atoms with E-state index in [4.69, 9.17) is 0 Å². The number of thiophene rings is 1. The van der Waals surface area contributed by atoms with E-state index in [1.54, 1.807) is 0 Å². The smallest absolute Gasteiger partial charge is 0.192 e. The highest BCUT2D eigenvalue weighted by atomic mass is 32.1. The molecule has 1 nitrogen and oxygen atoms in total. The molecule has 0 N–H and O–H groups in total. The average Bonchev–Trinajstić information content (AvgIpc) is 3.14. The van der Waals surface area contributed by atoms with E-state index in [0.29, 0.717) is 0 Å². The summed E-state index contributed by atoms with van der Waals surface area (Å²) in [7, 11) is 0. The lowest BCUT2D eigenvalue weighted by Gasteiger charge is -2.48. The second-order valence-corrected chi connectivity index (χ2v) is 10.3. The Balaban J connectivity index is 2.01. The van der Waals surface area contributed by atoms with Crippen molar-refractivity contribution in [3.05, 3.63) is 65.4 Å². The Morgan fingerprint density at radius 2 is 1.60 bits per heavy atom. The lowest BCUT2D eigenvalue weighted by atomic mass is 9.58. The van der Waals surface area contributed by atoms with Gasteiger partial charge in [0.2, 0.25) is 5.69 Å². The molecule has 0 fully saturated rings. The zero-order valence-electron chi connectivity index (χ0n) is 19.1. The Kier molecular flexibility index (Phi) is 4.38. The molecule has 1 aliphatic rings. The molecule has 3 heterocycles. The predicted molar refractivity (Wildman–Crippen MR) is 131 cm³/mol. The van der Waals surface area contributed by atoms with Crippen LogP contribution in [0.2, 0.25) is 0 Å². The van der Waals surface area contributed by atoms with Crippen molar-refractivity contribution in [2.45, 2.75) is 71.8 Å². The predicted octanol–water partition coefficient (Wildman–Crippen LogP) is 7.82. The van der Waals surface area contributed by atoms with Crippen LogP contribution < -0.4 is 4.57 Å². The first-order valence-corrected chi connectivity index (χ1v) is 12.2. The Morgan fingerprint density at radius 3 is 2.30 bits per heavy atom. The molecule has 2 heteroatoms. The fraction of sp³-hybridized carbons (Fsp3) is 0.393. The third-order valence-corrected chi connectivity index (χ3v) is 9.52. The third kappa shape index (κ3) is 2.26. The minimum atomic E-state index is 0.0902. The van der Waals surface area contributed by atoms with Crippen LogP contribution in [0.1, 0.15) is 63.6 Å². The Hall–Kier alpha value is -2.19. The molecule has 154 valence electrons. The first-order chi connectivity index (χ1) is 14.4. The number of nitrogens with zero attached hydrogens (tertiary/aromatic N) is 1. The van der Waals surface area contributed by atoms with Crippen LogP contribution in [-0.4, -0.2) is 0 Å². The van der Waals surface area contributed by atoms with Gasteiger partial charge in [-0.3, -0.25) is 0 Å². The van der Waals surface area contributed by atoms with Crippen LogP contribution >= 0.6 is 11.3 Å². The van der Waals surface area contributed by atoms with E-state index in [9.17, 15) is 0 Å². The number of benzene rings is 2. The second-order valence-electron chi connectivity index (χ2n) is 9.28. The van der Waals surface area contributed by atoms with Gasteiger partial charge in [-0.25, -0.2) is 0 Å². The summed E-state index contributed by atoms with van der Waals surface area (Å²) < 4.78 is 5.51. The fourth-order valence-electron chi connectivity index (χ4n) is 6.21. The minimum absolute atomic E-state index is 0.0902. The van der Waals surface area contributed by atoms with Crippen LogP contribution in [0.3, 0.4) is 0 Å². The number of pyridine rings is 1. The highest BCUT2D eigenvalue weighted by Gasteiger charge is 2.58. The monoisotopic (exact) mass is 414 g/mol. The van der Waals surface area contributed by atoms with Gasteiger partial charge in [0.05, 0.1) is 11.0 Å². The van der Waals surface area contributed by atoms with Crippen molar-refractivity contribution in [3.63, 3.8) is 0 Å². The fourth-order valence-corrected chi connectivity index (χ4v) is 7.47. The zero-order chi connectivity index (χ0) is 21.3. The molecule has 5 rings (SSSR count). The van der Waals surface area contributed by atoms with E-state index in [1.807, 2.05) is 11.3 Å². The maximum Gasteiger partial charge on any atom is 0.215 e. The lowest BCUT2D eigenvalue weighted by molar-refractivity contribution is -0.769. The number of fused-ring (bicyclic) bond motifs is 7. The topological polar surface area (TPSA) is 3.88 Å². The molecule has 1 atom stereocenters. The summed E-state index contributed by atoms with van der Waals surface area (Å²) in [6, 6.07) is 16.2. The normalized spacial score (nSPS) is 19.8. The number of aryl methyl sites for hydroxylation is 2. The molecular weight excluding hydrogens is 382 g/mol. The van der Waals surface area contributed by atoms with Gasteiger partial charge in [-0.15, -0.1) is 11.3 Å². The molecular formula is C28H32NS+. The maximum atomic E-state index is 2.67. The summed E-state index contributed by atoms with van der Waals surface area (Å²) in [6.07, 6.45) is 5.86. The van der Waals surface area contributed by atoms with E-state index in [1.165, 1.54) is 48.1 Å². The van der Waals surface area contributed by atoms with Crippen molar-refractivity contribution in [1.82, 2.24) is 0 Å². The van der Waals surface area contributed by atoms with Gasteiger partial charge in [0.15, 0.2) is 11.7 Å². The number of hydrogen-bond acceptors (Lipinski definition) is 1. The molecule has 0 aliphatic carbocycles.